The van der Waals surface area contributed by atoms with Gasteiger partial charge in [0.15, 0.2) is 0 Å². The summed E-state index contributed by atoms with van der Waals surface area (Å²) in [6.07, 6.45) is 0. The second-order valence-electron chi connectivity index (χ2n) is 12.5. The van der Waals surface area contributed by atoms with Crippen molar-refractivity contribution in [3.8, 4) is 44.9 Å². The molecule has 3 heteroatoms. The fourth-order valence-electron chi connectivity index (χ4n) is 7.40. The number of benzene rings is 8. The lowest BCUT2D eigenvalue weighted by atomic mass is 9.90. The predicted molar refractivity (Wildman–Crippen MR) is 208 cm³/mol. The molecule has 2 heterocycles. The van der Waals surface area contributed by atoms with Gasteiger partial charge in [0.1, 0.15) is 11.5 Å². The first-order valence-electron chi connectivity index (χ1n) is 16.6. The monoisotopic (exact) mass is 643 g/mol. The zero-order valence-electron chi connectivity index (χ0n) is 26.5. The average Bonchev–Trinajstić information content (AvgIpc) is 3.56. The van der Waals surface area contributed by atoms with E-state index >= 15 is 0 Å². The number of nitrogens with zero attached hydrogens (tertiary/aromatic N) is 1. The van der Waals surface area contributed by atoms with Gasteiger partial charge in [0, 0.05) is 43.9 Å². The lowest BCUT2D eigenvalue weighted by molar-refractivity contribution is 0.487. The minimum atomic E-state index is 0.861. The molecule has 0 N–H and O–H groups in total. The first-order chi connectivity index (χ1) is 24.3. The van der Waals surface area contributed by atoms with Crippen LogP contribution in [0.5, 0.6) is 11.5 Å². The van der Waals surface area contributed by atoms with Crippen LogP contribution in [0.4, 0.5) is 17.1 Å². The molecule has 0 amide bonds. The van der Waals surface area contributed by atoms with Gasteiger partial charge in [0.2, 0.25) is 0 Å². The van der Waals surface area contributed by atoms with Crippen LogP contribution in [-0.4, -0.2) is 0 Å². The Kier molecular flexibility index (Phi) is 6.39. The lowest BCUT2D eigenvalue weighted by Gasteiger charge is -2.28. The molecule has 1 aliphatic heterocycles. The first kappa shape index (κ1) is 27.9. The van der Waals surface area contributed by atoms with Crippen LogP contribution in [0.1, 0.15) is 0 Å². The van der Waals surface area contributed by atoms with E-state index in [1.54, 1.807) is 0 Å². The Morgan fingerprint density at radius 3 is 1.90 bits per heavy atom. The molecular weight excluding hydrogens is 615 g/mol. The van der Waals surface area contributed by atoms with Crippen LogP contribution < -0.4 is 9.64 Å². The van der Waals surface area contributed by atoms with Crippen molar-refractivity contribution in [1.82, 2.24) is 0 Å². The van der Waals surface area contributed by atoms with Gasteiger partial charge >= 0.3 is 0 Å². The maximum absolute atomic E-state index is 6.79. The van der Waals surface area contributed by atoms with E-state index in [0.29, 0.717) is 0 Å². The summed E-state index contributed by atoms with van der Waals surface area (Å²) < 4.78 is 9.34. The van der Waals surface area contributed by atoms with Gasteiger partial charge in [-0.15, -0.1) is 11.3 Å². The Morgan fingerprint density at radius 2 is 1.06 bits per heavy atom. The molecule has 0 radical (unpaired) electrons. The summed E-state index contributed by atoms with van der Waals surface area (Å²) in [5.41, 5.74) is 10.4. The van der Waals surface area contributed by atoms with Gasteiger partial charge in [-0.25, -0.2) is 0 Å². The topological polar surface area (TPSA) is 12.5 Å². The summed E-state index contributed by atoms with van der Waals surface area (Å²) in [6.45, 7) is 0. The third-order valence-corrected chi connectivity index (χ3v) is 10.9. The number of rotatable bonds is 5. The fraction of sp³-hybridized carbons (Fsp3) is 0. The summed E-state index contributed by atoms with van der Waals surface area (Å²) in [7, 11) is 0. The molecule has 0 unspecified atom stereocenters. The Morgan fingerprint density at radius 1 is 0.408 bits per heavy atom. The number of ether oxygens (including phenoxy) is 1. The van der Waals surface area contributed by atoms with Crippen LogP contribution in [0.25, 0.3) is 64.3 Å². The molecular formula is C46H29NOS. The SMILES string of the molecule is c1ccc(-c2ccc(N(c3ccc4c(c3)Oc3ccc(-c5ccccc5)c5cccc-4c35)c3cccc4c3sc3ccccc34)cc2)cc1. The molecule has 0 aliphatic carbocycles. The lowest BCUT2D eigenvalue weighted by Crippen LogP contribution is -2.10. The third kappa shape index (κ3) is 4.55. The average molecular weight is 644 g/mol. The Balaban J connectivity index is 1.15. The maximum Gasteiger partial charge on any atom is 0.137 e. The molecule has 1 aromatic heterocycles. The van der Waals surface area contributed by atoms with Crippen LogP contribution in [0.2, 0.25) is 0 Å². The zero-order chi connectivity index (χ0) is 32.3. The van der Waals surface area contributed by atoms with E-state index in [4.69, 9.17) is 4.74 Å². The number of hydrogen-bond donors (Lipinski definition) is 0. The van der Waals surface area contributed by atoms with Crippen molar-refractivity contribution >= 4 is 59.3 Å². The summed E-state index contributed by atoms with van der Waals surface area (Å²) in [4.78, 5) is 2.38. The highest BCUT2D eigenvalue weighted by atomic mass is 32.1. The minimum absolute atomic E-state index is 0.861. The molecule has 1 aliphatic rings. The van der Waals surface area contributed by atoms with Gasteiger partial charge in [0.25, 0.3) is 0 Å². The molecule has 230 valence electrons. The second kappa shape index (κ2) is 11.2. The third-order valence-electron chi connectivity index (χ3n) is 9.68. The van der Waals surface area contributed by atoms with E-state index in [0.717, 1.165) is 39.5 Å². The van der Waals surface area contributed by atoms with E-state index in [2.05, 4.69) is 181 Å². The van der Waals surface area contributed by atoms with E-state index in [-0.39, 0.29) is 0 Å². The highest BCUT2D eigenvalue weighted by Crippen LogP contribution is 2.51. The van der Waals surface area contributed by atoms with Crippen LogP contribution >= 0.6 is 11.3 Å². The van der Waals surface area contributed by atoms with Gasteiger partial charge in [-0.1, -0.05) is 127 Å². The standard InChI is InChI=1S/C46H29NOS/c1-3-11-30(12-4-1)31-21-23-33(24-22-31)47(41-19-10-18-40-37-15-7-8-20-44(37)49-46(40)41)34-25-26-36-39-17-9-16-38-35(32-13-5-2-6-14-32)27-28-42(45(38)39)48-43(36)29-34/h1-29H. The highest BCUT2D eigenvalue weighted by Gasteiger charge is 2.24. The minimum Gasteiger partial charge on any atom is -0.456 e. The fourth-order valence-corrected chi connectivity index (χ4v) is 8.60. The van der Waals surface area contributed by atoms with Crippen molar-refractivity contribution in [1.29, 1.82) is 0 Å². The number of anilines is 3. The molecule has 0 bridgehead atoms. The molecule has 9 aromatic rings. The molecule has 8 aromatic carbocycles. The van der Waals surface area contributed by atoms with Gasteiger partial charge in [0.05, 0.1) is 10.4 Å². The van der Waals surface area contributed by atoms with E-state index in [1.165, 1.54) is 53.4 Å². The van der Waals surface area contributed by atoms with Crippen molar-refractivity contribution < 1.29 is 4.74 Å². The largest absolute Gasteiger partial charge is 0.456 e. The Bertz CT molecular complexity index is 2680. The Labute approximate surface area is 288 Å². The van der Waals surface area contributed by atoms with Crippen molar-refractivity contribution in [2.75, 3.05) is 4.90 Å². The molecule has 0 spiro atoms. The Hall–Kier alpha value is -6.16. The van der Waals surface area contributed by atoms with Crippen molar-refractivity contribution in [2.24, 2.45) is 0 Å². The normalized spacial score (nSPS) is 11.8. The van der Waals surface area contributed by atoms with Gasteiger partial charge in [-0.3, -0.25) is 0 Å². The molecule has 2 nitrogen and oxygen atoms in total. The highest BCUT2D eigenvalue weighted by molar-refractivity contribution is 7.26. The van der Waals surface area contributed by atoms with Gasteiger partial charge in [-0.05, 0) is 75.7 Å². The summed E-state index contributed by atoms with van der Waals surface area (Å²) in [5.74, 6) is 1.75. The van der Waals surface area contributed by atoms with Gasteiger partial charge in [-0.2, -0.15) is 0 Å². The van der Waals surface area contributed by atoms with Crippen molar-refractivity contribution in [3.63, 3.8) is 0 Å². The molecule has 0 saturated heterocycles. The molecule has 49 heavy (non-hydrogen) atoms. The van der Waals surface area contributed by atoms with Crippen LogP contribution in [0.15, 0.2) is 176 Å². The second-order valence-corrected chi connectivity index (χ2v) is 13.5. The number of thiophene rings is 1. The summed E-state index contributed by atoms with van der Waals surface area (Å²) in [6, 6.07) is 63.0. The van der Waals surface area contributed by atoms with Crippen LogP contribution in [0.3, 0.4) is 0 Å². The molecule has 0 atom stereocenters. The molecule has 0 saturated carbocycles. The summed E-state index contributed by atoms with van der Waals surface area (Å²) in [5, 5.41) is 4.92. The van der Waals surface area contributed by atoms with Crippen LogP contribution in [0, 0.1) is 0 Å². The molecule has 10 rings (SSSR count). The van der Waals surface area contributed by atoms with E-state index in [1.807, 2.05) is 11.3 Å². The van der Waals surface area contributed by atoms with Crippen molar-refractivity contribution in [3.05, 3.63) is 176 Å². The first-order valence-corrected chi connectivity index (χ1v) is 17.4. The maximum atomic E-state index is 6.79. The van der Waals surface area contributed by atoms with E-state index < -0.39 is 0 Å². The zero-order valence-corrected chi connectivity index (χ0v) is 27.3. The predicted octanol–water partition coefficient (Wildman–Crippen LogP) is 13.8. The quantitative estimate of drug-likeness (QED) is 0.185. The number of fused-ring (bicyclic) bond motifs is 5. The van der Waals surface area contributed by atoms with E-state index in [9.17, 15) is 0 Å². The van der Waals surface area contributed by atoms with Crippen LogP contribution in [-0.2, 0) is 0 Å². The number of hydrogen-bond acceptors (Lipinski definition) is 3. The van der Waals surface area contributed by atoms with Crippen molar-refractivity contribution in [2.45, 2.75) is 0 Å². The van der Waals surface area contributed by atoms with Gasteiger partial charge < -0.3 is 9.64 Å². The smallest absolute Gasteiger partial charge is 0.137 e. The molecule has 0 fully saturated rings. The summed E-state index contributed by atoms with van der Waals surface area (Å²) >= 11 is 1.85.